The van der Waals surface area contributed by atoms with E-state index in [0.29, 0.717) is 22.4 Å². The Kier molecular flexibility index (Phi) is 3.75. The molecule has 0 atom stereocenters. The minimum absolute atomic E-state index is 0.462. The Balaban J connectivity index is 1.67. The van der Waals surface area contributed by atoms with E-state index in [0.717, 1.165) is 16.9 Å². The minimum atomic E-state index is 0.462. The van der Waals surface area contributed by atoms with Crippen LogP contribution in [0.3, 0.4) is 0 Å². The molecule has 0 aliphatic rings. The lowest BCUT2D eigenvalue weighted by molar-refractivity contribution is 0.463. The van der Waals surface area contributed by atoms with Crippen LogP contribution in [0.4, 0.5) is 0 Å². The van der Waals surface area contributed by atoms with Crippen molar-refractivity contribution in [1.82, 2.24) is 10.2 Å². The van der Waals surface area contributed by atoms with Gasteiger partial charge in [-0.2, -0.15) is 5.26 Å². The van der Waals surface area contributed by atoms with E-state index in [-0.39, 0.29) is 0 Å². The van der Waals surface area contributed by atoms with Gasteiger partial charge < -0.3 is 8.83 Å². The van der Waals surface area contributed by atoms with E-state index in [1.54, 1.807) is 24.5 Å². The molecule has 0 radical (unpaired) electrons. The zero-order chi connectivity index (χ0) is 14.7. The summed E-state index contributed by atoms with van der Waals surface area (Å²) in [5, 5.41) is 17.3. The summed E-state index contributed by atoms with van der Waals surface area (Å²) in [4.78, 5) is 0. The summed E-state index contributed by atoms with van der Waals surface area (Å²) in [6.45, 7) is 1.85. The summed E-state index contributed by atoms with van der Waals surface area (Å²) >= 11 is 1.46. The third kappa shape index (κ3) is 2.98. The Labute approximate surface area is 125 Å². The number of aromatic nitrogens is 2. The first-order chi connectivity index (χ1) is 10.3. The molecule has 0 spiro atoms. The van der Waals surface area contributed by atoms with Gasteiger partial charge in [0.05, 0.1) is 23.5 Å². The molecule has 0 aliphatic carbocycles. The molecule has 0 bridgehead atoms. The average molecular weight is 297 g/mol. The minimum Gasteiger partial charge on any atom is -0.469 e. The maximum Gasteiger partial charge on any atom is 0.277 e. The van der Waals surface area contributed by atoms with Crippen LogP contribution in [0.1, 0.15) is 16.9 Å². The number of rotatable bonds is 4. The first-order valence-electron chi connectivity index (χ1n) is 6.26. The van der Waals surface area contributed by atoms with Crippen molar-refractivity contribution in [2.75, 3.05) is 0 Å². The van der Waals surface area contributed by atoms with Gasteiger partial charge in [-0.15, -0.1) is 10.2 Å². The molecule has 6 heteroatoms. The Bertz CT molecular complexity index is 784. The summed E-state index contributed by atoms with van der Waals surface area (Å²) in [5.41, 5.74) is 2.56. The normalized spacial score (nSPS) is 10.5. The van der Waals surface area contributed by atoms with Gasteiger partial charge in [-0.3, -0.25) is 0 Å². The number of nitriles is 1. The second kappa shape index (κ2) is 5.85. The number of aryl methyl sites for hydroxylation is 1. The van der Waals surface area contributed by atoms with Gasteiger partial charge in [0.25, 0.3) is 11.1 Å². The molecule has 0 aliphatic heterocycles. The average Bonchev–Trinajstić information content (AvgIpc) is 3.14. The maximum atomic E-state index is 8.76. The largest absolute Gasteiger partial charge is 0.469 e. The molecule has 21 heavy (non-hydrogen) atoms. The third-order valence-electron chi connectivity index (χ3n) is 2.94. The predicted molar refractivity (Wildman–Crippen MR) is 77.5 cm³/mol. The topological polar surface area (TPSA) is 75.8 Å². The highest BCUT2D eigenvalue weighted by molar-refractivity contribution is 7.98. The van der Waals surface area contributed by atoms with E-state index in [2.05, 4.69) is 16.3 Å². The SMILES string of the molecule is Cc1occc1-c1nnc(SCc2ccc(C#N)cc2)o1. The van der Waals surface area contributed by atoms with E-state index in [9.17, 15) is 0 Å². The highest BCUT2D eigenvalue weighted by atomic mass is 32.2. The predicted octanol–water partition coefficient (Wildman–Crippen LogP) is 3.80. The van der Waals surface area contributed by atoms with Gasteiger partial charge >= 0.3 is 0 Å². The first kappa shape index (κ1) is 13.5. The number of thioether (sulfide) groups is 1. The molecule has 3 rings (SSSR count). The van der Waals surface area contributed by atoms with Crippen LogP contribution in [0.2, 0.25) is 0 Å². The third-order valence-corrected chi connectivity index (χ3v) is 3.83. The van der Waals surface area contributed by atoms with Crippen LogP contribution in [-0.2, 0) is 5.75 Å². The van der Waals surface area contributed by atoms with Gasteiger partial charge in [0, 0.05) is 5.75 Å². The van der Waals surface area contributed by atoms with E-state index in [1.165, 1.54) is 11.8 Å². The monoisotopic (exact) mass is 297 g/mol. The van der Waals surface area contributed by atoms with Gasteiger partial charge in [0.2, 0.25) is 0 Å². The summed E-state index contributed by atoms with van der Waals surface area (Å²) in [6, 6.07) is 11.3. The van der Waals surface area contributed by atoms with Gasteiger partial charge in [-0.25, -0.2) is 0 Å². The molecule has 0 saturated heterocycles. The summed E-state index contributed by atoms with van der Waals surface area (Å²) in [7, 11) is 0. The fourth-order valence-electron chi connectivity index (χ4n) is 1.80. The van der Waals surface area contributed by atoms with E-state index in [4.69, 9.17) is 14.1 Å². The standard InChI is InChI=1S/C15H11N3O2S/c1-10-13(6-7-19-10)14-17-18-15(20-14)21-9-12-4-2-11(8-16)3-5-12/h2-7H,9H2,1H3. The van der Waals surface area contributed by atoms with Crippen LogP contribution in [0.5, 0.6) is 0 Å². The van der Waals surface area contributed by atoms with E-state index < -0.39 is 0 Å². The number of hydrogen-bond donors (Lipinski definition) is 0. The van der Waals surface area contributed by atoms with Crippen molar-refractivity contribution >= 4 is 11.8 Å². The molecule has 0 saturated carbocycles. The first-order valence-corrected chi connectivity index (χ1v) is 7.24. The molecular formula is C15H11N3O2S. The molecule has 0 amide bonds. The lowest BCUT2D eigenvalue weighted by Crippen LogP contribution is -1.81. The fourth-order valence-corrected chi connectivity index (χ4v) is 2.52. The summed E-state index contributed by atoms with van der Waals surface area (Å²) in [6.07, 6.45) is 1.60. The second-order valence-corrected chi connectivity index (χ2v) is 5.29. The quantitative estimate of drug-likeness (QED) is 0.682. The summed E-state index contributed by atoms with van der Waals surface area (Å²) < 4.78 is 10.8. The number of nitrogens with zero attached hydrogens (tertiary/aromatic N) is 3. The molecule has 104 valence electrons. The molecular weight excluding hydrogens is 286 g/mol. The maximum absolute atomic E-state index is 8.76. The Morgan fingerprint density at radius 2 is 2.00 bits per heavy atom. The Morgan fingerprint density at radius 3 is 2.67 bits per heavy atom. The molecule has 5 nitrogen and oxygen atoms in total. The highest BCUT2D eigenvalue weighted by Gasteiger charge is 2.13. The van der Waals surface area contributed by atoms with Gasteiger partial charge in [-0.05, 0) is 30.7 Å². The molecule has 2 aromatic heterocycles. The van der Waals surface area contributed by atoms with Crippen molar-refractivity contribution in [3.8, 4) is 17.5 Å². The fraction of sp³-hybridized carbons (Fsp3) is 0.133. The van der Waals surface area contributed by atoms with Gasteiger partial charge in [-0.1, -0.05) is 23.9 Å². The Morgan fingerprint density at radius 1 is 1.19 bits per heavy atom. The zero-order valence-electron chi connectivity index (χ0n) is 11.2. The van der Waals surface area contributed by atoms with Crippen molar-refractivity contribution in [1.29, 1.82) is 5.26 Å². The van der Waals surface area contributed by atoms with Crippen molar-refractivity contribution in [3.05, 3.63) is 53.5 Å². The van der Waals surface area contributed by atoms with Crippen LogP contribution in [0.15, 0.2) is 50.7 Å². The van der Waals surface area contributed by atoms with Crippen LogP contribution in [0, 0.1) is 18.3 Å². The highest BCUT2D eigenvalue weighted by Crippen LogP contribution is 2.27. The second-order valence-electron chi connectivity index (χ2n) is 4.36. The van der Waals surface area contributed by atoms with Gasteiger partial charge in [0.1, 0.15) is 5.76 Å². The zero-order valence-corrected chi connectivity index (χ0v) is 12.1. The van der Waals surface area contributed by atoms with Crippen molar-refractivity contribution in [2.24, 2.45) is 0 Å². The molecule has 1 aromatic carbocycles. The molecule has 0 N–H and O–H groups in total. The molecule has 0 unspecified atom stereocenters. The van der Waals surface area contributed by atoms with E-state index in [1.807, 2.05) is 19.1 Å². The van der Waals surface area contributed by atoms with Crippen LogP contribution < -0.4 is 0 Å². The van der Waals surface area contributed by atoms with Crippen molar-refractivity contribution in [3.63, 3.8) is 0 Å². The number of furan rings is 1. The van der Waals surface area contributed by atoms with Crippen LogP contribution in [-0.4, -0.2) is 10.2 Å². The molecule has 0 fully saturated rings. The Hall–Kier alpha value is -2.52. The lowest BCUT2D eigenvalue weighted by Gasteiger charge is -1.97. The number of benzene rings is 1. The lowest BCUT2D eigenvalue weighted by atomic mass is 10.2. The smallest absolute Gasteiger partial charge is 0.277 e. The van der Waals surface area contributed by atoms with Crippen LogP contribution in [0.25, 0.3) is 11.5 Å². The van der Waals surface area contributed by atoms with Gasteiger partial charge in [0.15, 0.2) is 0 Å². The molecule has 2 heterocycles. The van der Waals surface area contributed by atoms with Crippen LogP contribution >= 0.6 is 11.8 Å². The van der Waals surface area contributed by atoms with Crippen molar-refractivity contribution in [2.45, 2.75) is 17.9 Å². The van der Waals surface area contributed by atoms with E-state index >= 15 is 0 Å². The number of hydrogen-bond acceptors (Lipinski definition) is 6. The molecule has 3 aromatic rings. The van der Waals surface area contributed by atoms with Crippen molar-refractivity contribution < 1.29 is 8.83 Å². The summed E-state index contributed by atoms with van der Waals surface area (Å²) in [5.74, 6) is 1.92.